The molecule has 0 amide bonds. The lowest BCUT2D eigenvalue weighted by Crippen LogP contribution is -2.14. The fourth-order valence-corrected chi connectivity index (χ4v) is 8.17. The molecule has 8 aromatic rings. The number of nitrogens with two attached hydrogens (primary N) is 1. The van der Waals surface area contributed by atoms with Crippen LogP contribution in [0.4, 0.5) is 0 Å². The third kappa shape index (κ3) is 14.4. The molecule has 0 aromatic heterocycles. The van der Waals surface area contributed by atoms with Crippen LogP contribution in [-0.4, -0.2) is 0 Å². The fraction of sp³-hybridized carbons (Fsp3) is 0.134. The molecule has 69 heavy (non-hydrogen) atoms. The molecule has 0 aliphatic heterocycles. The zero-order chi connectivity index (χ0) is 48.8. The van der Waals surface area contributed by atoms with E-state index in [-0.39, 0.29) is 6.04 Å². The van der Waals surface area contributed by atoms with E-state index < -0.39 is 0 Å². The maximum absolute atomic E-state index is 6.36. The van der Waals surface area contributed by atoms with Gasteiger partial charge in [-0.1, -0.05) is 239 Å². The average Bonchev–Trinajstić information content (AvgIpc) is 3.41. The van der Waals surface area contributed by atoms with Crippen molar-refractivity contribution in [2.45, 2.75) is 60.4 Å². The summed E-state index contributed by atoms with van der Waals surface area (Å²) in [5, 5.41) is 2.56. The van der Waals surface area contributed by atoms with Crippen LogP contribution in [0.3, 0.4) is 0 Å². The molecule has 9 rings (SSSR count). The van der Waals surface area contributed by atoms with Crippen LogP contribution in [-0.2, 0) is 0 Å². The van der Waals surface area contributed by atoms with Crippen molar-refractivity contribution in [1.29, 1.82) is 0 Å². The van der Waals surface area contributed by atoms with E-state index in [9.17, 15) is 0 Å². The number of ether oxygens (including phenoxy) is 1. The summed E-state index contributed by atoms with van der Waals surface area (Å²) in [6.07, 6.45) is 18.6. The van der Waals surface area contributed by atoms with Crippen LogP contribution in [0.15, 0.2) is 255 Å². The highest BCUT2D eigenvalue weighted by molar-refractivity contribution is 5.89. The number of fused-ring (bicyclic) bond motifs is 1. The maximum atomic E-state index is 6.36. The molecule has 0 fully saturated rings. The van der Waals surface area contributed by atoms with Gasteiger partial charge >= 0.3 is 0 Å². The monoisotopic (exact) mass is 902 g/mol. The highest BCUT2D eigenvalue weighted by Gasteiger charge is 2.15. The molecule has 2 heteroatoms. The normalized spacial score (nSPS) is 12.6. The lowest BCUT2D eigenvalue weighted by Gasteiger charge is -2.20. The van der Waals surface area contributed by atoms with Gasteiger partial charge in [0.05, 0.1) is 6.04 Å². The van der Waals surface area contributed by atoms with Gasteiger partial charge in [0.2, 0.25) is 0 Å². The smallest absolute Gasteiger partial charge is 0.130 e. The second-order valence-electron chi connectivity index (χ2n) is 16.7. The summed E-state index contributed by atoms with van der Waals surface area (Å²) in [5.41, 5.74) is 22.5. The zero-order valence-electron chi connectivity index (χ0n) is 41.3. The van der Waals surface area contributed by atoms with Gasteiger partial charge in [-0.2, -0.15) is 0 Å². The lowest BCUT2D eigenvalue weighted by atomic mass is 9.88. The first-order chi connectivity index (χ1) is 33.8. The molecule has 346 valence electrons. The van der Waals surface area contributed by atoms with E-state index in [1.54, 1.807) is 0 Å². The molecule has 0 radical (unpaired) electrons. The molecule has 0 spiro atoms. The first kappa shape index (κ1) is 50.6. The van der Waals surface area contributed by atoms with E-state index in [2.05, 4.69) is 165 Å². The van der Waals surface area contributed by atoms with Crippen molar-refractivity contribution in [1.82, 2.24) is 0 Å². The van der Waals surface area contributed by atoms with Gasteiger partial charge in [-0.3, -0.25) is 0 Å². The van der Waals surface area contributed by atoms with E-state index in [1.807, 2.05) is 126 Å². The molecule has 0 heterocycles. The van der Waals surface area contributed by atoms with Crippen LogP contribution in [0.1, 0.15) is 73.0 Å². The molecule has 1 aliphatic carbocycles. The Labute approximate surface area is 412 Å². The number of benzene rings is 8. The second-order valence-corrected chi connectivity index (χ2v) is 16.7. The van der Waals surface area contributed by atoms with Crippen LogP contribution in [0.2, 0.25) is 0 Å². The van der Waals surface area contributed by atoms with Crippen LogP contribution in [0, 0.1) is 20.8 Å². The van der Waals surface area contributed by atoms with E-state index in [0.717, 1.165) is 41.0 Å². The number of allylic oxidation sites excluding steroid dienone is 10. The SMILES string of the molecule is C=C\C=C(/C=C\C=C\C)c1cccc(-c2ccc(-c3cc4ccccc4cc3C)cc2)c1.CC.Cc1ccccc1Oc1ccccc1C.NC(C1=CC=C(c2ccccc2)CC1)c1ccccc1. The quantitative estimate of drug-likeness (QED) is 0.131. The Morgan fingerprint density at radius 2 is 1.10 bits per heavy atom. The highest BCUT2D eigenvalue weighted by atomic mass is 16.5. The molecule has 1 unspecified atom stereocenters. The predicted octanol–water partition coefficient (Wildman–Crippen LogP) is 18.8. The Hall–Kier alpha value is -7.78. The van der Waals surface area contributed by atoms with Crippen molar-refractivity contribution in [2.75, 3.05) is 0 Å². The summed E-state index contributed by atoms with van der Waals surface area (Å²) in [5.74, 6) is 1.85. The molecule has 0 bridgehead atoms. The van der Waals surface area contributed by atoms with E-state index in [4.69, 9.17) is 10.5 Å². The Bertz CT molecular complexity index is 2990. The molecule has 8 aromatic carbocycles. The summed E-state index contributed by atoms with van der Waals surface area (Å²) in [6.45, 7) is 16.2. The van der Waals surface area contributed by atoms with Crippen molar-refractivity contribution in [3.63, 3.8) is 0 Å². The Kier molecular flexibility index (Phi) is 19.5. The number of hydrogen-bond acceptors (Lipinski definition) is 2. The largest absolute Gasteiger partial charge is 0.457 e. The van der Waals surface area contributed by atoms with Gasteiger partial charge in [-0.15, -0.1) is 0 Å². The topological polar surface area (TPSA) is 35.2 Å². The van der Waals surface area contributed by atoms with Gasteiger partial charge in [-0.05, 0) is 148 Å². The van der Waals surface area contributed by atoms with Crippen molar-refractivity contribution < 1.29 is 4.74 Å². The lowest BCUT2D eigenvalue weighted by molar-refractivity contribution is 0.475. The minimum atomic E-state index is 0.0183. The van der Waals surface area contributed by atoms with Crippen molar-refractivity contribution >= 4 is 21.9 Å². The minimum absolute atomic E-state index is 0.0183. The predicted molar refractivity (Wildman–Crippen MR) is 301 cm³/mol. The number of para-hydroxylation sites is 2. The molecule has 2 N–H and O–H groups in total. The second kappa shape index (κ2) is 26.5. The Morgan fingerprint density at radius 1 is 0.536 bits per heavy atom. The number of aryl methyl sites for hydroxylation is 3. The van der Waals surface area contributed by atoms with Crippen LogP contribution < -0.4 is 10.5 Å². The third-order valence-electron chi connectivity index (χ3n) is 12.0. The molecule has 1 aliphatic rings. The van der Waals surface area contributed by atoms with Crippen molar-refractivity contribution in [3.8, 4) is 33.8 Å². The van der Waals surface area contributed by atoms with Gasteiger partial charge in [0.15, 0.2) is 0 Å². The van der Waals surface area contributed by atoms with E-state index in [0.29, 0.717) is 0 Å². The van der Waals surface area contributed by atoms with E-state index in [1.165, 1.54) is 66.4 Å². The fourth-order valence-electron chi connectivity index (χ4n) is 8.17. The average molecular weight is 902 g/mol. The Morgan fingerprint density at radius 3 is 1.70 bits per heavy atom. The first-order valence-electron chi connectivity index (χ1n) is 24.2. The summed E-state index contributed by atoms with van der Waals surface area (Å²) in [6, 6.07) is 67.7. The first-order valence-corrected chi connectivity index (χ1v) is 24.2. The van der Waals surface area contributed by atoms with Gasteiger partial charge in [0.1, 0.15) is 11.5 Å². The molecule has 1 atom stereocenters. The van der Waals surface area contributed by atoms with Crippen LogP contribution in [0.25, 0.3) is 44.2 Å². The maximum Gasteiger partial charge on any atom is 0.130 e. The van der Waals surface area contributed by atoms with Crippen molar-refractivity contribution in [3.05, 3.63) is 288 Å². The highest BCUT2D eigenvalue weighted by Crippen LogP contribution is 2.34. The minimum Gasteiger partial charge on any atom is -0.457 e. The summed E-state index contributed by atoms with van der Waals surface area (Å²) in [4.78, 5) is 0. The molecule has 2 nitrogen and oxygen atoms in total. The molecular weight excluding hydrogens is 835 g/mol. The zero-order valence-corrected chi connectivity index (χ0v) is 41.3. The number of rotatable bonds is 11. The van der Waals surface area contributed by atoms with Crippen LogP contribution >= 0.6 is 0 Å². The van der Waals surface area contributed by atoms with Gasteiger partial charge in [0, 0.05) is 0 Å². The third-order valence-corrected chi connectivity index (χ3v) is 12.0. The number of hydrogen-bond donors (Lipinski definition) is 1. The van der Waals surface area contributed by atoms with Gasteiger partial charge in [-0.25, -0.2) is 0 Å². The van der Waals surface area contributed by atoms with E-state index >= 15 is 0 Å². The Balaban J connectivity index is 0.000000180. The van der Waals surface area contributed by atoms with Gasteiger partial charge in [0.25, 0.3) is 0 Å². The molecule has 0 saturated carbocycles. The summed E-state index contributed by atoms with van der Waals surface area (Å²) >= 11 is 0. The van der Waals surface area contributed by atoms with Crippen molar-refractivity contribution in [2.24, 2.45) is 5.73 Å². The standard InChI is InChI=1S/C32H28.C19H19N.C14H14O.C2H6/c1-4-6-7-12-25(11-5-2)29-15-10-16-30(22-29)26-17-19-27(20-18-26)32-23-31-14-9-8-13-28(31)21-24(32)3;20-19(17-9-5-2-6-10-17)18-13-11-16(12-14-18)15-7-3-1-4-8-15;1-11-7-3-5-9-13(11)15-14-10-6-4-8-12(14)2;1-2/h4-23H,2H2,1,3H3;1-11,13,19H,12,14,20H2;3-10H,1-2H3;1-2H3/b6-4+,12-7-,25-11+;;;. The van der Waals surface area contributed by atoms with Crippen LogP contribution in [0.5, 0.6) is 11.5 Å². The molecule has 0 saturated heterocycles. The summed E-state index contributed by atoms with van der Waals surface area (Å²) < 4.78 is 5.84. The molecular formula is C67H67NO. The van der Waals surface area contributed by atoms with Gasteiger partial charge < -0.3 is 10.5 Å². The summed E-state index contributed by atoms with van der Waals surface area (Å²) in [7, 11) is 0.